The lowest BCUT2D eigenvalue weighted by Gasteiger charge is -2.18. The molecule has 3 N–H and O–H groups in total. The molecule has 2 aromatic rings. The van der Waals surface area contributed by atoms with Crippen molar-refractivity contribution in [2.24, 2.45) is 5.73 Å². The maximum atomic E-state index is 11.5. The molecule has 0 unspecified atom stereocenters. The van der Waals surface area contributed by atoms with E-state index in [-0.39, 0.29) is 12.6 Å². The van der Waals surface area contributed by atoms with Gasteiger partial charge in [-0.05, 0) is 33.8 Å². The number of Topliss-reactive ketones (excluding diaryl/α,β-unsaturated/α-hetero) is 1. The molecule has 7 nitrogen and oxygen atoms in total. The number of aryl methyl sites for hydroxylation is 1. The van der Waals surface area contributed by atoms with Crippen molar-refractivity contribution >= 4 is 28.6 Å². The molecule has 0 aliphatic carbocycles. The van der Waals surface area contributed by atoms with Gasteiger partial charge in [0.05, 0.1) is 5.56 Å². The summed E-state index contributed by atoms with van der Waals surface area (Å²) in [6.45, 7) is 7.23. The summed E-state index contributed by atoms with van der Waals surface area (Å²) < 4.78 is 9.49. The second-order valence-corrected chi connectivity index (χ2v) is 6.38. The van der Waals surface area contributed by atoms with Crippen molar-refractivity contribution in [2.45, 2.75) is 33.3 Å². The Labute approximate surface area is 146 Å². The number of para-hydroxylation sites is 1. The number of carbonyl (C=O) groups excluding carboxylic acids is 3. The maximum Gasteiger partial charge on any atom is 0.332 e. The van der Waals surface area contributed by atoms with Gasteiger partial charge in [-0.3, -0.25) is 9.59 Å². The number of esters is 1. The number of amides is 1. The summed E-state index contributed by atoms with van der Waals surface area (Å²) in [7, 11) is 1.46. The number of aromatic amines is 1. The fraction of sp³-hybridized carbons (Fsp3) is 0.389. The minimum Gasteiger partial charge on any atom is -0.458 e. The van der Waals surface area contributed by atoms with Crippen molar-refractivity contribution < 1.29 is 23.9 Å². The third kappa shape index (κ3) is 6.04. The van der Waals surface area contributed by atoms with E-state index in [1.807, 2.05) is 39.0 Å². The number of hydrogen-bond acceptors (Lipinski definition) is 5. The summed E-state index contributed by atoms with van der Waals surface area (Å²) in [5, 5.41) is 0.735. The minimum absolute atomic E-state index is 0.0251. The van der Waals surface area contributed by atoms with Crippen LogP contribution in [0.3, 0.4) is 0 Å². The maximum absolute atomic E-state index is 11.5. The molecule has 136 valence electrons. The molecule has 0 bridgehead atoms. The van der Waals surface area contributed by atoms with E-state index in [4.69, 9.17) is 10.5 Å². The Morgan fingerprint density at radius 2 is 1.76 bits per heavy atom. The van der Waals surface area contributed by atoms with Gasteiger partial charge in [-0.2, -0.15) is 0 Å². The standard InChI is InChI=1S/C11H10N2O2.C7H14O3/c1-6-9(10(14)11(12)15)7-4-2-3-5-8(7)13-6;1-7(2,3)10-6(8)5-9-4/h2-5,13H,1H3,(H2,12,15);5H2,1-4H3. The number of carbonyl (C=O) groups is 3. The topological polar surface area (TPSA) is 111 Å². The van der Waals surface area contributed by atoms with Crippen LogP contribution in [0.5, 0.6) is 0 Å². The zero-order valence-corrected chi connectivity index (χ0v) is 15.1. The molecule has 0 saturated carbocycles. The third-order valence-electron chi connectivity index (χ3n) is 3.03. The first-order valence-corrected chi connectivity index (χ1v) is 7.69. The number of fused-ring (bicyclic) bond motifs is 1. The molecule has 1 aromatic heterocycles. The first-order chi connectivity index (χ1) is 11.6. The number of H-pyrrole nitrogens is 1. The smallest absolute Gasteiger partial charge is 0.332 e. The predicted octanol–water partition coefficient (Wildman–Crippen LogP) is 2.12. The minimum atomic E-state index is -0.928. The van der Waals surface area contributed by atoms with Crippen molar-refractivity contribution in [3.8, 4) is 0 Å². The van der Waals surface area contributed by atoms with E-state index < -0.39 is 17.3 Å². The van der Waals surface area contributed by atoms with Gasteiger partial charge in [0.2, 0.25) is 0 Å². The van der Waals surface area contributed by atoms with Crippen LogP contribution in [0.2, 0.25) is 0 Å². The lowest BCUT2D eigenvalue weighted by Crippen LogP contribution is -2.26. The molecule has 2 rings (SSSR count). The van der Waals surface area contributed by atoms with Crippen molar-refractivity contribution in [2.75, 3.05) is 13.7 Å². The number of ether oxygens (including phenoxy) is 2. The van der Waals surface area contributed by atoms with E-state index in [2.05, 4.69) is 9.72 Å². The SMILES string of the molecule is COCC(=O)OC(C)(C)C.Cc1[nH]c2ccccc2c1C(=O)C(N)=O. The van der Waals surface area contributed by atoms with Crippen LogP contribution in [0.15, 0.2) is 24.3 Å². The lowest BCUT2D eigenvalue weighted by molar-refractivity contribution is -0.159. The summed E-state index contributed by atoms with van der Waals surface area (Å²) in [4.78, 5) is 36.1. The van der Waals surface area contributed by atoms with Gasteiger partial charge in [-0.25, -0.2) is 4.79 Å². The van der Waals surface area contributed by atoms with Crippen molar-refractivity contribution in [3.63, 3.8) is 0 Å². The highest BCUT2D eigenvalue weighted by Gasteiger charge is 2.19. The monoisotopic (exact) mass is 348 g/mol. The molecule has 0 aliphatic heterocycles. The fourth-order valence-corrected chi connectivity index (χ4v) is 2.18. The van der Waals surface area contributed by atoms with Crippen LogP contribution >= 0.6 is 0 Å². The molecule has 1 aromatic carbocycles. The highest BCUT2D eigenvalue weighted by atomic mass is 16.6. The molecule has 1 heterocycles. The first-order valence-electron chi connectivity index (χ1n) is 7.69. The normalized spacial score (nSPS) is 10.8. The van der Waals surface area contributed by atoms with Gasteiger partial charge in [0, 0.05) is 23.7 Å². The second-order valence-electron chi connectivity index (χ2n) is 6.38. The molecular weight excluding hydrogens is 324 g/mol. The quantitative estimate of drug-likeness (QED) is 0.499. The van der Waals surface area contributed by atoms with E-state index in [0.717, 1.165) is 10.9 Å². The molecule has 0 atom stereocenters. The lowest BCUT2D eigenvalue weighted by atomic mass is 10.1. The van der Waals surface area contributed by atoms with Gasteiger partial charge in [0.1, 0.15) is 12.2 Å². The van der Waals surface area contributed by atoms with Gasteiger partial charge < -0.3 is 20.2 Å². The molecule has 0 radical (unpaired) electrons. The van der Waals surface area contributed by atoms with E-state index in [1.54, 1.807) is 13.0 Å². The molecule has 0 saturated heterocycles. The summed E-state index contributed by atoms with van der Waals surface area (Å²) in [5.74, 6) is -1.90. The summed E-state index contributed by atoms with van der Waals surface area (Å²) in [6, 6.07) is 7.30. The number of hydrogen-bond donors (Lipinski definition) is 2. The van der Waals surface area contributed by atoms with Gasteiger partial charge in [-0.1, -0.05) is 18.2 Å². The van der Waals surface area contributed by atoms with Crippen LogP contribution in [0, 0.1) is 6.92 Å². The van der Waals surface area contributed by atoms with Crippen molar-refractivity contribution in [1.82, 2.24) is 4.98 Å². The summed E-state index contributed by atoms with van der Waals surface area (Å²) in [6.07, 6.45) is 0. The van der Waals surface area contributed by atoms with Gasteiger partial charge in [-0.15, -0.1) is 0 Å². The number of primary amides is 1. The van der Waals surface area contributed by atoms with Gasteiger partial charge in [0.25, 0.3) is 11.7 Å². The Kier molecular flexibility index (Phi) is 6.87. The fourth-order valence-electron chi connectivity index (χ4n) is 2.18. The number of nitrogens with two attached hydrogens (primary N) is 1. The molecule has 0 aliphatic rings. The van der Waals surface area contributed by atoms with Crippen LogP contribution in [-0.4, -0.2) is 42.0 Å². The summed E-state index contributed by atoms with van der Waals surface area (Å²) >= 11 is 0. The van der Waals surface area contributed by atoms with Gasteiger partial charge >= 0.3 is 5.97 Å². The largest absolute Gasteiger partial charge is 0.458 e. The average molecular weight is 348 g/mol. The molecular formula is C18H24N2O5. The Hall–Kier alpha value is -2.67. The number of nitrogens with one attached hydrogen (secondary N) is 1. The number of methoxy groups -OCH3 is 1. The molecule has 0 spiro atoms. The van der Waals surface area contributed by atoms with Crippen LogP contribution in [-0.2, 0) is 19.1 Å². The van der Waals surface area contributed by atoms with Crippen LogP contribution < -0.4 is 5.73 Å². The van der Waals surface area contributed by atoms with Crippen molar-refractivity contribution in [1.29, 1.82) is 0 Å². The molecule has 7 heteroatoms. The van der Waals surface area contributed by atoms with E-state index in [0.29, 0.717) is 11.3 Å². The molecule has 25 heavy (non-hydrogen) atoms. The zero-order chi connectivity index (χ0) is 19.2. The predicted molar refractivity (Wildman–Crippen MR) is 94.3 cm³/mol. The van der Waals surface area contributed by atoms with Crippen LogP contribution in [0.1, 0.15) is 36.8 Å². The van der Waals surface area contributed by atoms with Crippen molar-refractivity contribution in [3.05, 3.63) is 35.5 Å². The van der Waals surface area contributed by atoms with E-state index in [1.165, 1.54) is 7.11 Å². The van der Waals surface area contributed by atoms with Crippen LogP contribution in [0.4, 0.5) is 0 Å². The molecule has 1 amide bonds. The number of aromatic nitrogens is 1. The third-order valence-corrected chi connectivity index (χ3v) is 3.03. The highest BCUT2D eigenvalue weighted by Crippen LogP contribution is 2.21. The molecule has 0 fully saturated rings. The Bertz CT molecular complexity index is 771. The van der Waals surface area contributed by atoms with Gasteiger partial charge in [0.15, 0.2) is 0 Å². The van der Waals surface area contributed by atoms with E-state index >= 15 is 0 Å². The summed E-state index contributed by atoms with van der Waals surface area (Å²) in [5.41, 5.74) is 6.45. The Balaban J connectivity index is 0.000000275. The first kappa shape index (κ1) is 20.4. The van der Waals surface area contributed by atoms with E-state index in [9.17, 15) is 14.4 Å². The Morgan fingerprint density at radius 3 is 2.28 bits per heavy atom. The highest BCUT2D eigenvalue weighted by molar-refractivity contribution is 6.44. The second kappa shape index (κ2) is 8.43. The number of ketones is 1. The Morgan fingerprint density at radius 1 is 1.16 bits per heavy atom. The average Bonchev–Trinajstić information content (AvgIpc) is 2.81. The number of benzene rings is 1. The zero-order valence-electron chi connectivity index (χ0n) is 15.1. The van der Waals surface area contributed by atoms with Crippen LogP contribution in [0.25, 0.3) is 10.9 Å². The number of rotatable bonds is 4.